The third-order valence-corrected chi connectivity index (χ3v) is 5.58. The summed E-state index contributed by atoms with van der Waals surface area (Å²) in [6.45, 7) is 2.40. The standard InChI is InChI=1S/C15H19N7O2S2/c1-10-18-13(9-14(19-10)22(2)3)16-7-8-17-26(23,24)12-6-4-5-11-15(12)21-25-20-11/h4-6,9,17H,7-8H2,1-3H3,(H,16,18,19). The summed E-state index contributed by atoms with van der Waals surface area (Å²) in [6.07, 6.45) is 0. The Bertz CT molecular complexity index is 1020. The Morgan fingerprint density at radius 1 is 1.15 bits per heavy atom. The molecule has 0 spiro atoms. The molecule has 0 saturated heterocycles. The Morgan fingerprint density at radius 3 is 2.73 bits per heavy atom. The fourth-order valence-corrected chi connectivity index (χ4v) is 4.12. The normalized spacial score (nSPS) is 11.7. The molecule has 3 aromatic rings. The molecule has 0 aliphatic heterocycles. The lowest BCUT2D eigenvalue weighted by atomic mass is 10.3. The van der Waals surface area contributed by atoms with E-state index in [9.17, 15) is 8.42 Å². The molecule has 2 heterocycles. The van der Waals surface area contributed by atoms with E-state index < -0.39 is 10.0 Å². The van der Waals surface area contributed by atoms with E-state index in [2.05, 4.69) is 28.8 Å². The molecule has 0 aliphatic rings. The van der Waals surface area contributed by atoms with Gasteiger partial charge in [-0.15, -0.1) is 0 Å². The van der Waals surface area contributed by atoms with Crippen LogP contribution in [0.1, 0.15) is 5.82 Å². The second-order valence-electron chi connectivity index (χ2n) is 5.77. The highest BCUT2D eigenvalue weighted by molar-refractivity contribution is 7.89. The summed E-state index contributed by atoms with van der Waals surface area (Å²) in [7, 11) is 0.125. The van der Waals surface area contributed by atoms with E-state index in [0.717, 1.165) is 17.5 Å². The molecule has 26 heavy (non-hydrogen) atoms. The first-order valence-corrected chi connectivity index (χ1v) is 10.1. The van der Waals surface area contributed by atoms with Crippen molar-refractivity contribution in [1.29, 1.82) is 0 Å². The van der Waals surface area contributed by atoms with Crippen LogP contribution in [0.3, 0.4) is 0 Å². The van der Waals surface area contributed by atoms with Gasteiger partial charge in [0.05, 0.1) is 11.7 Å². The zero-order chi connectivity index (χ0) is 18.7. The molecule has 11 heteroatoms. The zero-order valence-corrected chi connectivity index (χ0v) is 16.2. The van der Waals surface area contributed by atoms with Gasteiger partial charge in [-0.25, -0.2) is 23.1 Å². The van der Waals surface area contributed by atoms with Crippen LogP contribution < -0.4 is 14.9 Å². The number of nitrogens with one attached hydrogen (secondary N) is 2. The SMILES string of the molecule is Cc1nc(NCCNS(=O)(=O)c2cccc3nsnc23)cc(N(C)C)n1. The molecule has 0 atom stereocenters. The van der Waals surface area contributed by atoms with Crippen molar-refractivity contribution >= 4 is 44.4 Å². The third kappa shape index (κ3) is 4.06. The van der Waals surface area contributed by atoms with Gasteiger partial charge in [-0.2, -0.15) is 8.75 Å². The van der Waals surface area contributed by atoms with Crippen molar-refractivity contribution in [2.75, 3.05) is 37.4 Å². The van der Waals surface area contributed by atoms with Crippen LogP contribution in [-0.2, 0) is 10.0 Å². The Labute approximate surface area is 155 Å². The third-order valence-electron chi connectivity index (χ3n) is 3.54. The van der Waals surface area contributed by atoms with Gasteiger partial charge < -0.3 is 10.2 Å². The molecule has 2 N–H and O–H groups in total. The number of rotatable bonds is 7. The first kappa shape index (κ1) is 18.4. The van der Waals surface area contributed by atoms with Crippen molar-refractivity contribution in [2.24, 2.45) is 0 Å². The lowest BCUT2D eigenvalue weighted by molar-refractivity contribution is 0.583. The van der Waals surface area contributed by atoms with Crippen LogP contribution in [0, 0.1) is 6.92 Å². The number of hydrogen-bond acceptors (Lipinski definition) is 9. The van der Waals surface area contributed by atoms with E-state index in [1.165, 1.54) is 6.07 Å². The van der Waals surface area contributed by atoms with Crippen LogP contribution in [0.25, 0.3) is 11.0 Å². The Kier molecular flexibility index (Phi) is 5.30. The maximum Gasteiger partial charge on any atom is 0.242 e. The molecular formula is C15H19N7O2S2. The number of hydrogen-bond donors (Lipinski definition) is 2. The van der Waals surface area contributed by atoms with Crippen molar-refractivity contribution in [3.8, 4) is 0 Å². The summed E-state index contributed by atoms with van der Waals surface area (Å²) < 4.78 is 35.7. The summed E-state index contributed by atoms with van der Waals surface area (Å²) in [4.78, 5) is 10.6. The van der Waals surface area contributed by atoms with Crippen LogP contribution in [-0.4, -0.2) is 54.3 Å². The minimum Gasteiger partial charge on any atom is -0.369 e. The largest absolute Gasteiger partial charge is 0.369 e. The van der Waals surface area contributed by atoms with Gasteiger partial charge >= 0.3 is 0 Å². The fourth-order valence-electron chi connectivity index (χ4n) is 2.32. The maximum absolute atomic E-state index is 12.5. The molecule has 9 nitrogen and oxygen atoms in total. The van der Waals surface area contributed by atoms with Crippen LogP contribution in [0.2, 0.25) is 0 Å². The van der Waals surface area contributed by atoms with Crippen LogP contribution in [0.4, 0.5) is 11.6 Å². The molecule has 0 unspecified atom stereocenters. The first-order valence-electron chi connectivity index (χ1n) is 7.84. The molecule has 1 aromatic carbocycles. The van der Waals surface area contributed by atoms with Crippen LogP contribution in [0.15, 0.2) is 29.2 Å². The van der Waals surface area contributed by atoms with E-state index in [1.54, 1.807) is 12.1 Å². The Morgan fingerprint density at radius 2 is 1.96 bits per heavy atom. The highest BCUT2D eigenvalue weighted by Gasteiger charge is 2.18. The van der Waals surface area contributed by atoms with Gasteiger partial charge in [0.15, 0.2) is 0 Å². The lowest BCUT2D eigenvalue weighted by Crippen LogP contribution is -2.29. The first-order chi connectivity index (χ1) is 12.4. The van der Waals surface area contributed by atoms with E-state index in [1.807, 2.05) is 32.0 Å². The molecule has 2 aromatic heterocycles. The molecule has 0 amide bonds. The molecule has 138 valence electrons. The average Bonchev–Trinajstić information content (AvgIpc) is 3.06. The number of anilines is 2. The molecule has 0 fully saturated rings. The van der Waals surface area contributed by atoms with Crippen molar-refractivity contribution in [3.05, 3.63) is 30.1 Å². The van der Waals surface area contributed by atoms with Gasteiger partial charge in [0.2, 0.25) is 10.0 Å². The van der Waals surface area contributed by atoms with Gasteiger partial charge in [-0.05, 0) is 19.1 Å². The number of aromatic nitrogens is 4. The van der Waals surface area contributed by atoms with Crippen molar-refractivity contribution < 1.29 is 8.42 Å². The second-order valence-corrected chi connectivity index (χ2v) is 8.03. The van der Waals surface area contributed by atoms with Crippen LogP contribution in [0.5, 0.6) is 0 Å². The minimum atomic E-state index is -3.67. The van der Waals surface area contributed by atoms with Crippen molar-refractivity contribution in [2.45, 2.75) is 11.8 Å². The number of fused-ring (bicyclic) bond motifs is 1. The highest BCUT2D eigenvalue weighted by atomic mass is 32.2. The smallest absolute Gasteiger partial charge is 0.242 e. The summed E-state index contributed by atoms with van der Waals surface area (Å²) in [5.74, 6) is 2.07. The summed E-state index contributed by atoms with van der Waals surface area (Å²) in [5.41, 5.74) is 0.962. The summed E-state index contributed by atoms with van der Waals surface area (Å²) in [6, 6.07) is 6.72. The average molecular weight is 393 g/mol. The van der Waals surface area contributed by atoms with Crippen LogP contribution >= 0.6 is 11.7 Å². The summed E-state index contributed by atoms with van der Waals surface area (Å²) in [5, 5.41) is 3.11. The van der Waals surface area contributed by atoms with Gasteiger partial charge in [0.1, 0.15) is 33.4 Å². The van der Waals surface area contributed by atoms with Crippen molar-refractivity contribution in [3.63, 3.8) is 0 Å². The number of aryl methyl sites for hydroxylation is 1. The van der Waals surface area contributed by atoms with Gasteiger partial charge in [0, 0.05) is 33.3 Å². The predicted molar refractivity (Wildman–Crippen MR) is 102 cm³/mol. The molecule has 0 bridgehead atoms. The monoisotopic (exact) mass is 393 g/mol. The second kappa shape index (κ2) is 7.48. The molecule has 0 radical (unpaired) electrons. The highest BCUT2D eigenvalue weighted by Crippen LogP contribution is 2.20. The zero-order valence-electron chi connectivity index (χ0n) is 14.6. The number of sulfonamides is 1. The summed E-state index contributed by atoms with van der Waals surface area (Å²) >= 11 is 0.991. The topological polar surface area (TPSA) is 113 Å². The van der Waals surface area contributed by atoms with E-state index in [4.69, 9.17) is 0 Å². The van der Waals surface area contributed by atoms with E-state index in [-0.39, 0.29) is 11.4 Å². The van der Waals surface area contributed by atoms with Crippen molar-refractivity contribution in [1.82, 2.24) is 23.4 Å². The molecule has 0 aliphatic carbocycles. The molecule has 0 saturated carbocycles. The Hall–Kier alpha value is -2.37. The Balaban J connectivity index is 1.64. The van der Waals surface area contributed by atoms with E-state index >= 15 is 0 Å². The van der Waals surface area contributed by atoms with Gasteiger partial charge in [-0.3, -0.25) is 0 Å². The molecular weight excluding hydrogens is 374 g/mol. The van der Waals surface area contributed by atoms with E-state index in [0.29, 0.717) is 29.2 Å². The number of nitrogens with zero attached hydrogens (tertiary/aromatic N) is 5. The quantitative estimate of drug-likeness (QED) is 0.577. The maximum atomic E-state index is 12.5. The minimum absolute atomic E-state index is 0.136. The number of benzene rings is 1. The lowest BCUT2D eigenvalue weighted by Gasteiger charge is -2.14. The predicted octanol–water partition coefficient (Wildman–Crippen LogP) is 1.25. The van der Waals surface area contributed by atoms with Gasteiger partial charge in [-0.1, -0.05) is 6.07 Å². The van der Waals surface area contributed by atoms with Gasteiger partial charge in [0.25, 0.3) is 0 Å². The fraction of sp³-hybridized carbons (Fsp3) is 0.333. The molecule has 3 rings (SSSR count).